The highest BCUT2D eigenvalue weighted by Gasteiger charge is 2.18. The van der Waals surface area contributed by atoms with Crippen molar-refractivity contribution in [2.75, 3.05) is 27.9 Å². The minimum atomic E-state index is -0.313. The smallest absolute Gasteiger partial charge is 0.273 e. The third kappa shape index (κ3) is 5.35. The van der Waals surface area contributed by atoms with Gasteiger partial charge in [-0.25, -0.2) is 4.68 Å². The molecule has 0 aliphatic heterocycles. The molecular weight excluding hydrogens is 434 g/mol. The SMILES string of the molecule is COc1cc(C(=O)NCCn2cc(C(=O)NC(C)c3cccs3)nn2)cc(OC)c1OC. The van der Waals surface area contributed by atoms with Crippen molar-refractivity contribution in [3.8, 4) is 17.2 Å². The molecule has 0 spiro atoms. The van der Waals surface area contributed by atoms with E-state index in [0.29, 0.717) is 29.4 Å². The van der Waals surface area contributed by atoms with Gasteiger partial charge < -0.3 is 24.8 Å². The van der Waals surface area contributed by atoms with Gasteiger partial charge in [-0.2, -0.15) is 0 Å². The molecule has 3 aromatic rings. The maximum Gasteiger partial charge on any atom is 0.273 e. The number of nitrogens with zero attached hydrogens (tertiary/aromatic N) is 3. The number of ether oxygens (including phenoxy) is 3. The van der Waals surface area contributed by atoms with Crippen molar-refractivity contribution in [3.63, 3.8) is 0 Å². The molecule has 2 amide bonds. The number of aromatic nitrogens is 3. The summed E-state index contributed by atoms with van der Waals surface area (Å²) in [5.41, 5.74) is 0.574. The third-order valence-electron chi connectivity index (χ3n) is 4.64. The minimum absolute atomic E-state index is 0.120. The van der Waals surface area contributed by atoms with E-state index in [1.807, 2.05) is 24.4 Å². The molecule has 0 saturated carbocycles. The molecule has 170 valence electrons. The Kier molecular flexibility index (Phi) is 7.66. The van der Waals surface area contributed by atoms with Crippen LogP contribution in [0.2, 0.25) is 0 Å². The molecule has 0 saturated heterocycles. The lowest BCUT2D eigenvalue weighted by Gasteiger charge is -2.14. The number of methoxy groups -OCH3 is 3. The molecule has 10 nitrogen and oxygen atoms in total. The van der Waals surface area contributed by atoms with Gasteiger partial charge in [0.15, 0.2) is 17.2 Å². The first-order valence-corrected chi connectivity index (χ1v) is 10.7. The molecule has 1 aromatic carbocycles. The second kappa shape index (κ2) is 10.6. The molecule has 0 fully saturated rings. The Labute approximate surface area is 189 Å². The van der Waals surface area contributed by atoms with E-state index in [0.717, 1.165) is 4.88 Å². The highest BCUT2D eigenvalue weighted by atomic mass is 32.1. The van der Waals surface area contributed by atoms with Gasteiger partial charge in [0.25, 0.3) is 11.8 Å². The van der Waals surface area contributed by atoms with Gasteiger partial charge in [-0.05, 0) is 30.5 Å². The van der Waals surface area contributed by atoms with Gasteiger partial charge in [-0.15, -0.1) is 16.4 Å². The first-order chi connectivity index (χ1) is 15.5. The largest absolute Gasteiger partial charge is 0.493 e. The molecule has 3 rings (SSSR count). The van der Waals surface area contributed by atoms with Crippen molar-refractivity contribution in [1.29, 1.82) is 0 Å². The number of benzene rings is 1. The molecule has 32 heavy (non-hydrogen) atoms. The van der Waals surface area contributed by atoms with Crippen LogP contribution in [0.1, 0.15) is 38.7 Å². The first-order valence-electron chi connectivity index (χ1n) is 9.79. The van der Waals surface area contributed by atoms with Gasteiger partial charge in [0, 0.05) is 17.0 Å². The van der Waals surface area contributed by atoms with E-state index in [2.05, 4.69) is 20.9 Å². The van der Waals surface area contributed by atoms with Gasteiger partial charge in [0.2, 0.25) is 5.75 Å². The molecule has 1 atom stereocenters. The minimum Gasteiger partial charge on any atom is -0.493 e. The maximum absolute atomic E-state index is 12.5. The van der Waals surface area contributed by atoms with Crippen LogP contribution in [0.3, 0.4) is 0 Å². The van der Waals surface area contributed by atoms with E-state index in [-0.39, 0.29) is 30.1 Å². The number of hydrogen-bond acceptors (Lipinski definition) is 8. The lowest BCUT2D eigenvalue weighted by molar-refractivity contribution is 0.0931. The summed E-state index contributed by atoms with van der Waals surface area (Å²) in [7, 11) is 4.47. The fraction of sp³-hybridized carbons (Fsp3) is 0.333. The first kappa shape index (κ1) is 23.1. The van der Waals surface area contributed by atoms with Crippen LogP contribution in [0.4, 0.5) is 0 Å². The molecule has 11 heteroatoms. The Hall–Kier alpha value is -3.60. The summed E-state index contributed by atoms with van der Waals surface area (Å²) in [4.78, 5) is 26.0. The van der Waals surface area contributed by atoms with Gasteiger partial charge in [-0.1, -0.05) is 11.3 Å². The van der Waals surface area contributed by atoms with Crippen molar-refractivity contribution in [2.45, 2.75) is 19.5 Å². The molecule has 0 aliphatic rings. The van der Waals surface area contributed by atoms with Crippen molar-refractivity contribution >= 4 is 23.2 Å². The predicted molar refractivity (Wildman–Crippen MR) is 119 cm³/mol. The zero-order chi connectivity index (χ0) is 23.1. The zero-order valence-electron chi connectivity index (χ0n) is 18.2. The molecule has 2 N–H and O–H groups in total. The van der Waals surface area contributed by atoms with E-state index in [1.54, 1.807) is 29.7 Å². The van der Waals surface area contributed by atoms with Crippen LogP contribution in [0.25, 0.3) is 0 Å². The second-order valence-corrected chi connectivity index (χ2v) is 7.73. The summed E-state index contributed by atoms with van der Waals surface area (Å²) >= 11 is 1.57. The standard InChI is InChI=1S/C21H25N5O5S/c1-13(18-6-5-9-32-18)23-21(28)15-12-26(25-24-15)8-7-22-20(27)14-10-16(29-2)19(31-4)17(11-14)30-3/h5-6,9-13H,7-8H2,1-4H3,(H,22,27)(H,23,28). The van der Waals surface area contributed by atoms with E-state index < -0.39 is 0 Å². The Morgan fingerprint density at radius 3 is 2.44 bits per heavy atom. The van der Waals surface area contributed by atoms with Gasteiger partial charge in [0.1, 0.15) is 0 Å². The molecule has 0 aliphatic carbocycles. The average Bonchev–Trinajstić information content (AvgIpc) is 3.50. The third-order valence-corrected chi connectivity index (χ3v) is 5.70. The van der Waals surface area contributed by atoms with E-state index in [1.165, 1.54) is 26.0 Å². The monoisotopic (exact) mass is 459 g/mol. The lowest BCUT2D eigenvalue weighted by Crippen LogP contribution is -2.27. The Morgan fingerprint density at radius 2 is 1.84 bits per heavy atom. The summed E-state index contributed by atoms with van der Waals surface area (Å²) < 4.78 is 17.3. The number of rotatable bonds is 10. The average molecular weight is 460 g/mol. The van der Waals surface area contributed by atoms with Crippen molar-refractivity contribution < 1.29 is 23.8 Å². The van der Waals surface area contributed by atoms with Crippen LogP contribution in [0.5, 0.6) is 17.2 Å². The zero-order valence-corrected chi connectivity index (χ0v) is 19.1. The normalized spacial score (nSPS) is 11.5. The van der Waals surface area contributed by atoms with Gasteiger partial charge >= 0.3 is 0 Å². The molecule has 1 unspecified atom stereocenters. The molecule has 0 radical (unpaired) electrons. The predicted octanol–water partition coefficient (Wildman–Crippen LogP) is 2.29. The van der Waals surface area contributed by atoms with Crippen LogP contribution in [0, 0.1) is 0 Å². The van der Waals surface area contributed by atoms with Crippen molar-refractivity contribution in [2.24, 2.45) is 0 Å². The highest BCUT2D eigenvalue weighted by Crippen LogP contribution is 2.38. The number of amides is 2. The molecule has 2 heterocycles. The van der Waals surface area contributed by atoms with Crippen LogP contribution in [-0.4, -0.2) is 54.7 Å². The van der Waals surface area contributed by atoms with E-state index >= 15 is 0 Å². The van der Waals surface area contributed by atoms with E-state index in [9.17, 15) is 9.59 Å². The summed E-state index contributed by atoms with van der Waals surface area (Å²) in [6, 6.07) is 6.92. The van der Waals surface area contributed by atoms with Crippen molar-refractivity contribution in [1.82, 2.24) is 25.6 Å². The molecule has 0 bridgehead atoms. The summed E-state index contributed by atoms with van der Waals surface area (Å²) in [6.45, 7) is 2.54. The Morgan fingerprint density at radius 1 is 1.12 bits per heavy atom. The van der Waals surface area contributed by atoms with Crippen LogP contribution in [-0.2, 0) is 6.54 Å². The van der Waals surface area contributed by atoms with Gasteiger partial charge in [-0.3, -0.25) is 9.59 Å². The Bertz CT molecular complexity index is 1040. The highest BCUT2D eigenvalue weighted by molar-refractivity contribution is 7.10. The van der Waals surface area contributed by atoms with E-state index in [4.69, 9.17) is 14.2 Å². The fourth-order valence-corrected chi connectivity index (χ4v) is 3.72. The Balaban J connectivity index is 1.55. The summed E-state index contributed by atoms with van der Waals surface area (Å²) in [6.07, 6.45) is 1.54. The second-order valence-electron chi connectivity index (χ2n) is 6.75. The topological polar surface area (TPSA) is 117 Å². The maximum atomic E-state index is 12.5. The number of hydrogen-bond donors (Lipinski definition) is 2. The summed E-state index contributed by atoms with van der Waals surface area (Å²) in [5.74, 6) is 0.570. The number of carbonyl (C=O) groups excluding carboxylic acids is 2. The quantitative estimate of drug-likeness (QED) is 0.478. The number of thiophene rings is 1. The number of carbonyl (C=O) groups is 2. The van der Waals surface area contributed by atoms with Crippen LogP contribution < -0.4 is 24.8 Å². The summed E-state index contributed by atoms with van der Waals surface area (Å²) in [5, 5.41) is 15.5. The van der Waals surface area contributed by atoms with Crippen LogP contribution in [0.15, 0.2) is 35.8 Å². The fourth-order valence-electron chi connectivity index (χ4n) is 2.99. The van der Waals surface area contributed by atoms with Crippen molar-refractivity contribution in [3.05, 3.63) is 52.0 Å². The van der Waals surface area contributed by atoms with Gasteiger partial charge in [0.05, 0.1) is 40.1 Å². The van der Waals surface area contributed by atoms with Crippen LogP contribution >= 0.6 is 11.3 Å². The lowest BCUT2D eigenvalue weighted by atomic mass is 10.1. The number of nitrogens with one attached hydrogen (secondary N) is 2. The molecule has 2 aromatic heterocycles. The molecular formula is C21H25N5O5S.